The largest absolute Gasteiger partial charge is 0.490 e. The molecule has 1 aliphatic heterocycles. The zero-order valence-corrected chi connectivity index (χ0v) is 14.3. The van der Waals surface area contributed by atoms with Crippen LogP contribution in [-0.4, -0.2) is 19.0 Å². The van der Waals surface area contributed by atoms with Gasteiger partial charge in [-0.2, -0.15) is 0 Å². The Morgan fingerprint density at radius 3 is 2.55 bits per heavy atom. The SMILES string of the molecule is O=C(c1ccc2c(c1)OCCCO2)c1cc(Br)sc1Br. The van der Waals surface area contributed by atoms with Crippen LogP contribution in [0.25, 0.3) is 0 Å². The topological polar surface area (TPSA) is 35.5 Å². The fraction of sp³-hybridized carbons (Fsp3) is 0.214. The molecule has 6 heteroatoms. The number of carbonyl (C=O) groups excluding carboxylic acids is 1. The molecule has 0 atom stereocenters. The van der Waals surface area contributed by atoms with Gasteiger partial charge in [0.05, 0.1) is 20.8 Å². The van der Waals surface area contributed by atoms with Gasteiger partial charge in [-0.1, -0.05) is 0 Å². The maximum Gasteiger partial charge on any atom is 0.195 e. The van der Waals surface area contributed by atoms with Crippen molar-refractivity contribution in [1.29, 1.82) is 0 Å². The zero-order chi connectivity index (χ0) is 14.1. The maximum absolute atomic E-state index is 12.5. The highest BCUT2D eigenvalue weighted by Crippen LogP contribution is 2.35. The molecule has 0 bridgehead atoms. The molecule has 3 nitrogen and oxygen atoms in total. The molecule has 2 aromatic rings. The predicted molar refractivity (Wildman–Crippen MR) is 85.2 cm³/mol. The number of hydrogen-bond acceptors (Lipinski definition) is 4. The Labute approximate surface area is 137 Å². The molecule has 0 fully saturated rings. The lowest BCUT2D eigenvalue weighted by Gasteiger charge is -2.08. The van der Waals surface area contributed by atoms with Gasteiger partial charge < -0.3 is 9.47 Å². The van der Waals surface area contributed by atoms with Gasteiger partial charge in [-0.15, -0.1) is 11.3 Å². The average molecular weight is 418 g/mol. The number of hydrogen-bond donors (Lipinski definition) is 0. The Hall–Kier alpha value is -0.850. The second-order valence-corrected chi connectivity index (χ2v) is 8.03. The summed E-state index contributed by atoms with van der Waals surface area (Å²) in [6, 6.07) is 7.14. The third kappa shape index (κ3) is 2.77. The number of rotatable bonds is 2. The fourth-order valence-corrected chi connectivity index (χ4v) is 4.75. The second-order valence-electron chi connectivity index (χ2n) is 4.28. The number of ketones is 1. The maximum atomic E-state index is 12.5. The predicted octanol–water partition coefficient (Wildman–Crippen LogP) is 4.67. The minimum absolute atomic E-state index is 0.0329. The second kappa shape index (κ2) is 5.87. The van der Waals surface area contributed by atoms with Crippen molar-refractivity contribution in [2.24, 2.45) is 0 Å². The highest BCUT2D eigenvalue weighted by molar-refractivity contribution is 9.12. The van der Waals surface area contributed by atoms with Crippen LogP contribution in [0.3, 0.4) is 0 Å². The quantitative estimate of drug-likeness (QED) is 0.666. The number of fused-ring (bicyclic) bond motifs is 1. The van der Waals surface area contributed by atoms with Gasteiger partial charge in [0, 0.05) is 17.5 Å². The number of benzene rings is 1. The minimum atomic E-state index is -0.0329. The molecule has 1 aromatic heterocycles. The van der Waals surface area contributed by atoms with Gasteiger partial charge in [0.15, 0.2) is 17.3 Å². The van der Waals surface area contributed by atoms with Crippen molar-refractivity contribution in [3.05, 3.63) is 43.0 Å². The lowest BCUT2D eigenvalue weighted by molar-refractivity contribution is 0.103. The summed E-state index contributed by atoms with van der Waals surface area (Å²) in [7, 11) is 0. The van der Waals surface area contributed by atoms with E-state index in [-0.39, 0.29) is 5.78 Å². The summed E-state index contributed by atoms with van der Waals surface area (Å²) in [6.07, 6.45) is 0.848. The van der Waals surface area contributed by atoms with Crippen molar-refractivity contribution in [3.63, 3.8) is 0 Å². The Balaban J connectivity index is 1.96. The molecule has 20 heavy (non-hydrogen) atoms. The zero-order valence-electron chi connectivity index (χ0n) is 10.3. The van der Waals surface area contributed by atoms with Crippen molar-refractivity contribution < 1.29 is 14.3 Å². The normalized spacial score (nSPS) is 13.9. The van der Waals surface area contributed by atoms with E-state index in [4.69, 9.17) is 9.47 Å². The van der Waals surface area contributed by atoms with Crippen molar-refractivity contribution in [3.8, 4) is 11.5 Å². The smallest absolute Gasteiger partial charge is 0.195 e. The summed E-state index contributed by atoms with van der Waals surface area (Å²) in [5.74, 6) is 1.30. The average Bonchev–Trinajstić information content (AvgIpc) is 2.65. The summed E-state index contributed by atoms with van der Waals surface area (Å²) in [5, 5.41) is 0. The molecule has 104 valence electrons. The van der Waals surface area contributed by atoms with Gasteiger partial charge in [-0.25, -0.2) is 0 Å². The van der Waals surface area contributed by atoms with E-state index >= 15 is 0 Å². The molecule has 0 saturated heterocycles. The van der Waals surface area contributed by atoms with Gasteiger partial charge >= 0.3 is 0 Å². The van der Waals surface area contributed by atoms with Crippen LogP contribution in [0.5, 0.6) is 11.5 Å². The minimum Gasteiger partial charge on any atom is -0.490 e. The van der Waals surface area contributed by atoms with Crippen LogP contribution in [0.1, 0.15) is 22.3 Å². The van der Waals surface area contributed by atoms with Gasteiger partial charge in [-0.3, -0.25) is 4.79 Å². The molecule has 0 saturated carbocycles. The lowest BCUT2D eigenvalue weighted by atomic mass is 10.1. The molecule has 3 rings (SSSR count). The lowest BCUT2D eigenvalue weighted by Crippen LogP contribution is -2.01. The third-order valence-electron chi connectivity index (χ3n) is 2.91. The van der Waals surface area contributed by atoms with Crippen molar-refractivity contribution in [1.82, 2.24) is 0 Å². The Kier molecular flexibility index (Phi) is 4.14. The van der Waals surface area contributed by atoms with Crippen molar-refractivity contribution >= 4 is 49.0 Å². The molecule has 0 radical (unpaired) electrons. The van der Waals surface area contributed by atoms with Gasteiger partial charge in [0.25, 0.3) is 0 Å². The van der Waals surface area contributed by atoms with E-state index in [1.54, 1.807) is 18.2 Å². The summed E-state index contributed by atoms with van der Waals surface area (Å²) >= 11 is 8.28. The van der Waals surface area contributed by atoms with Crippen LogP contribution in [0, 0.1) is 0 Å². The van der Waals surface area contributed by atoms with E-state index in [9.17, 15) is 4.79 Å². The van der Waals surface area contributed by atoms with Crippen LogP contribution < -0.4 is 9.47 Å². The van der Waals surface area contributed by atoms with E-state index < -0.39 is 0 Å². The van der Waals surface area contributed by atoms with E-state index in [0.29, 0.717) is 35.8 Å². The first-order valence-electron chi connectivity index (χ1n) is 6.04. The van der Waals surface area contributed by atoms with Crippen molar-refractivity contribution in [2.75, 3.05) is 13.2 Å². The van der Waals surface area contributed by atoms with E-state index in [0.717, 1.165) is 14.0 Å². The summed E-state index contributed by atoms with van der Waals surface area (Å²) in [6.45, 7) is 1.25. The molecule has 0 aliphatic carbocycles. The molecule has 1 aromatic carbocycles. The van der Waals surface area contributed by atoms with Crippen LogP contribution in [0.15, 0.2) is 31.8 Å². The first kappa shape index (κ1) is 14.1. The highest BCUT2D eigenvalue weighted by Gasteiger charge is 2.18. The first-order chi connectivity index (χ1) is 9.65. The van der Waals surface area contributed by atoms with Crippen LogP contribution >= 0.6 is 43.2 Å². The van der Waals surface area contributed by atoms with E-state index in [1.807, 2.05) is 6.07 Å². The first-order valence-corrected chi connectivity index (χ1v) is 8.44. The number of thiophene rings is 1. The Bertz CT molecular complexity index is 666. The van der Waals surface area contributed by atoms with Crippen molar-refractivity contribution in [2.45, 2.75) is 6.42 Å². The van der Waals surface area contributed by atoms with Gasteiger partial charge in [-0.05, 0) is 56.1 Å². The molecular weight excluding hydrogens is 408 g/mol. The highest BCUT2D eigenvalue weighted by atomic mass is 79.9. The standard InChI is InChI=1S/C14H10Br2O3S/c15-12-7-9(14(16)20-12)13(17)8-2-3-10-11(6-8)19-5-1-4-18-10/h2-3,6-7H,1,4-5H2. The molecule has 0 N–H and O–H groups in total. The van der Waals surface area contributed by atoms with Crippen LogP contribution in [0.4, 0.5) is 0 Å². The molecule has 1 aliphatic rings. The Morgan fingerprint density at radius 2 is 1.85 bits per heavy atom. The third-order valence-corrected chi connectivity index (χ3v) is 5.25. The molecule has 0 unspecified atom stereocenters. The monoisotopic (exact) mass is 416 g/mol. The molecule has 0 amide bonds. The van der Waals surface area contributed by atoms with Gasteiger partial charge in [0.1, 0.15) is 0 Å². The summed E-state index contributed by atoms with van der Waals surface area (Å²) in [4.78, 5) is 12.5. The molecular formula is C14H10Br2O3S. The van der Waals surface area contributed by atoms with E-state index in [2.05, 4.69) is 31.9 Å². The molecule has 0 spiro atoms. The summed E-state index contributed by atoms with van der Waals surface area (Å²) < 4.78 is 12.9. The number of carbonyl (C=O) groups is 1. The van der Waals surface area contributed by atoms with Crippen LogP contribution in [0.2, 0.25) is 0 Å². The number of ether oxygens (including phenoxy) is 2. The molecule has 2 heterocycles. The fourth-order valence-electron chi connectivity index (χ4n) is 1.96. The Morgan fingerprint density at radius 1 is 1.10 bits per heavy atom. The van der Waals surface area contributed by atoms with Crippen LogP contribution in [-0.2, 0) is 0 Å². The number of halogens is 2. The summed E-state index contributed by atoms with van der Waals surface area (Å²) in [5.41, 5.74) is 1.25. The van der Waals surface area contributed by atoms with Gasteiger partial charge in [0.2, 0.25) is 0 Å². The van der Waals surface area contributed by atoms with E-state index in [1.165, 1.54) is 11.3 Å².